The lowest BCUT2D eigenvalue weighted by atomic mass is 9.91. The van der Waals surface area contributed by atoms with Gasteiger partial charge < -0.3 is 50.6 Å². The minimum absolute atomic E-state index is 0.0332. The fourth-order valence-electron chi connectivity index (χ4n) is 7.27. The highest BCUT2D eigenvalue weighted by Gasteiger charge is 2.40. The first kappa shape index (κ1) is 54.2. The van der Waals surface area contributed by atoms with E-state index >= 15 is 0 Å². The zero-order valence-corrected chi connectivity index (χ0v) is 39.5. The second-order valence-corrected chi connectivity index (χ2v) is 18.5. The number of esters is 1. The van der Waals surface area contributed by atoms with Gasteiger partial charge in [-0.1, -0.05) is 60.1 Å². The summed E-state index contributed by atoms with van der Waals surface area (Å²) in [5, 5.41) is 31.9. The molecular formula is C45H74N6O12. The van der Waals surface area contributed by atoms with Gasteiger partial charge in [-0.3, -0.25) is 28.9 Å². The molecule has 0 unspecified atom stereocenters. The first-order chi connectivity index (χ1) is 29.3. The number of carbonyl (C=O) groups is 7. The molecule has 5 amide bonds. The van der Waals surface area contributed by atoms with Gasteiger partial charge in [0.15, 0.2) is 0 Å². The van der Waals surface area contributed by atoms with Crippen LogP contribution in [-0.4, -0.2) is 143 Å². The predicted molar refractivity (Wildman–Crippen MR) is 235 cm³/mol. The van der Waals surface area contributed by atoms with E-state index in [4.69, 9.17) is 14.2 Å². The number of methoxy groups -OCH3 is 1. The van der Waals surface area contributed by atoms with Crippen molar-refractivity contribution in [1.82, 2.24) is 31.1 Å². The second kappa shape index (κ2) is 24.8. The molecule has 0 saturated carbocycles. The van der Waals surface area contributed by atoms with Gasteiger partial charge in [0.1, 0.15) is 47.7 Å². The van der Waals surface area contributed by atoms with Gasteiger partial charge >= 0.3 is 18.0 Å². The number of hydrogen-bond acceptors (Lipinski definition) is 12. The van der Waals surface area contributed by atoms with Crippen LogP contribution in [-0.2, 0) is 44.7 Å². The predicted octanol–water partition coefficient (Wildman–Crippen LogP) is 3.02. The van der Waals surface area contributed by atoms with Crippen LogP contribution in [0.4, 0.5) is 4.79 Å². The van der Waals surface area contributed by atoms with Crippen molar-refractivity contribution in [2.24, 2.45) is 17.8 Å². The molecule has 18 heteroatoms. The largest absolute Gasteiger partial charge is 0.497 e. The van der Waals surface area contributed by atoms with Gasteiger partial charge in [-0.25, -0.2) is 9.59 Å². The van der Waals surface area contributed by atoms with Gasteiger partial charge in [-0.15, -0.1) is 0 Å². The lowest BCUT2D eigenvalue weighted by Gasteiger charge is -2.33. The molecule has 18 nitrogen and oxygen atoms in total. The van der Waals surface area contributed by atoms with Crippen molar-refractivity contribution < 1.29 is 58.0 Å². The molecule has 1 aromatic rings. The topological polar surface area (TPSA) is 242 Å². The maximum atomic E-state index is 14.2. The van der Waals surface area contributed by atoms with Crippen molar-refractivity contribution in [2.45, 2.75) is 162 Å². The number of aliphatic hydroxyl groups excluding tert-OH is 1. The van der Waals surface area contributed by atoms with Crippen molar-refractivity contribution in [3.8, 4) is 5.75 Å². The number of alkyl carbamates (subject to hydrolysis) is 1. The highest BCUT2D eigenvalue weighted by molar-refractivity contribution is 5.94. The van der Waals surface area contributed by atoms with E-state index in [0.717, 1.165) is 5.56 Å². The third-order valence-corrected chi connectivity index (χ3v) is 11.0. The van der Waals surface area contributed by atoms with Crippen LogP contribution in [0.25, 0.3) is 0 Å². The molecule has 9 atom stereocenters. The number of carboxylic acid groups (broad SMARTS) is 1. The molecule has 356 valence electrons. The van der Waals surface area contributed by atoms with Crippen LogP contribution in [0, 0.1) is 17.8 Å². The summed E-state index contributed by atoms with van der Waals surface area (Å²) in [5.74, 6) is -4.71. The zero-order valence-electron chi connectivity index (χ0n) is 39.5. The fraction of sp³-hybridized carbons (Fsp3) is 0.711. The maximum absolute atomic E-state index is 14.2. The highest BCUT2D eigenvalue weighted by atomic mass is 16.6. The third-order valence-electron chi connectivity index (χ3n) is 11.0. The Balaban J connectivity index is 2.30. The second-order valence-electron chi connectivity index (χ2n) is 18.5. The van der Waals surface area contributed by atoms with Crippen LogP contribution in [0.2, 0.25) is 0 Å². The molecule has 1 aliphatic heterocycles. The number of ether oxygens (including phenoxy) is 3. The Morgan fingerprint density at radius 3 is 2.00 bits per heavy atom. The van der Waals surface area contributed by atoms with E-state index in [2.05, 4.69) is 21.3 Å². The van der Waals surface area contributed by atoms with E-state index in [-0.39, 0.29) is 25.3 Å². The average Bonchev–Trinajstić information content (AvgIpc) is 3.69. The Hall–Kier alpha value is -4.97. The number of likely N-dealkylation sites (N-methyl/N-ethyl adjacent to an activating group) is 1. The van der Waals surface area contributed by atoms with E-state index in [1.165, 1.54) is 11.8 Å². The van der Waals surface area contributed by atoms with Crippen LogP contribution >= 0.6 is 0 Å². The van der Waals surface area contributed by atoms with Gasteiger partial charge in [0.2, 0.25) is 23.6 Å². The van der Waals surface area contributed by atoms with Crippen molar-refractivity contribution in [3.63, 3.8) is 0 Å². The van der Waals surface area contributed by atoms with Crippen molar-refractivity contribution in [1.29, 1.82) is 0 Å². The number of nitrogens with zero attached hydrogens (tertiary/aromatic N) is 2. The fourth-order valence-corrected chi connectivity index (χ4v) is 7.27. The molecule has 1 aliphatic rings. The summed E-state index contributed by atoms with van der Waals surface area (Å²) in [5.41, 5.74) is -0.108. The molecule has 1 aromatic carbocycles. The Kier molecular flexibility index (Phi) is 21.3. The number of benzene rings is 1. The van der Waals surface area contributed by atoms with Crippen molar-refractivity contribution >= 4 is 41.7 Å². The van der Waals surface area contributed by atoms with Crippen LogP contribution in [0.5, 0.6) is 5.75 Å². The van der Waals surface area contributed by atoms with Crippen LogP contribution in [0.3, 0.4) is 0 Å². The smallest absolute Gasteiger partial charge is 0.408 e. The zero-order chi connectivity index (χ0) is 47.9. The summed E-state index contributed by atoms with van der Waals surface area (Å²) in [6.07, 6.45) is -2.43. The molecule has 6 N–H and O–H groups in total. The summed E-state index contributed by atoms with van der Waals surface area (Å²) >= 11 is 0. The number of aliphatic carboxylic acids is 1. The number of carboxylic acids is 1. The quantitative estimate of drug-likeness (QED) is 0.0868. The highest BCUT2D eigenvalue weighted by Crippen LogP contribution is 2.22. The van der Waals surface area contributed by atoms with Gasteiger partial charge in [-0.2, -0.15) is 0 Å². The summed E-state index contributed by atoms with van der Waals surface area (Å²) in [7, 11) is 4.98. The minimum atomic E-state index is -1.50. The molecule has 0 bridgehead atoms. The maximum Gasteiger partial charge on any atom is 0.408 e. The van der Waals surface area contributed by atoms with Crippen LogP contribution in [0.1, 0.15) is 107 Å². The van der Waals surface area contributed by atoms with E-state index in [0.29, 0.717) is 25.0 Å². The van der Waals surface area contributed by atoms with Gasteiger partial charge in [0.25, 0.3) is 0 Å². The molecule has 1 fully saturated rings. The lowest BCUT2D eigenvalue weighted by molar-refractivity contribution is -0.156. The van der Waals surface area contributed by atoms with E-state index in [1.807, 2.05) is 32.9 Å². The van der Waals surface area contributed by atoms with E-state index < -0.39 is 114 Å². The number of hydrogen-bond donors (Lipinski definition) is 6. The summed E-state index contributed by atoms with van der Waals surface area (Å²) in [6.45, 7) is 17.4. The summed E-state index contributed by atoms with van der Waals surface area (Å²) in [4.78, 5) is 96.6. The summed E-state index contributed by atoms with van der Waals surface area (Å²) < 4.78 is 16.5. The minimum Gasteiger partial charge on any atom is -0.497 e. The SMILES string of the molecule is CC[C@H](C)[C@@H](NC(=O)[C@@H](NC(=O)OC(C)(C)C)[C@@H](C)OC(=O)[C@H](Cc1ccc(OC)cc1)N(C)C)[C@@H](O)CC(=O)N[C@H](C(=O)N[C@@H](CC(C)C)C(=O)N1CCC[C@H]1C(=O)O)C(C)C. The lowest BCUT2D eigenvalue weighted by Crippen LogP contribution is -2.60. The molecule has 2 rings (SSSR count). The first-order valence-electron chi connectivity index (χ1n) is 21.9. The molecule has 0 aliphatic carbocycles. The number of nitrogens with one attached hydrogen (secondary N) is 4. The molecule has 1 saturated heterocycles. The average molecular weight is 891 g/mol. The standard InChI is InChI=1S/C45H74N6O12/c1-14-27(6)37(34(52)24-35(53)47-36(26(4)5)39(54)46-31(22-25(2)3)41(56)51-21-15-16-32(51)42(57)58)48-40(55)38(49-44(60)63-45(8,9)10)28(7)62-43(59)33(50(11)12)23-29-17-19-30(61-13)20-18-29/h17-20,25-28,31-34,36-38,52H,14-16,21-24H2,1-13H3,(H,46,54)(H,47,53)(H,48,55)(H,49,60)(H,57,58)/t27-,28+,31-,32-,33-,34-,36-,37+,38-/m0/s1. The molecule has 0 radical (unpaired) electrons. The number of carbonyl (C=O) groups excluding carboxylic acids is 6. The first-order valence-corrected chi connectivity index (χ1v) is 21.9. The molecule has 0 spiro atoms. The molecule has 1 heterocycles. The van der Waals surface area contributed by atoms with Crippen molar-refractivity contribution in [3.05, 3.63) is 29.8 Å². The summed E-state index contributed by atoms with van der Waals surface area (Å²) in [6, 6.07) is 0.727. The van der Waals surface area contributed by atoms with E-state index in [9.17, 15) is 43.8 Å². The van der Waals surface area contributed by atoms with Crippen molar-refractivity contribution in [2.75, 3.05) is 27.7 Å². The van der Waals surface area contributed by atoms with Crippen LogP contribution < -0.4 is 26.0 Å². The number of amides is 5. The Morgan fingerprint density at radius 2 is 1.49 bits per heavy atom. The molecule has 0 aromatic heterocycles. The molecule has 63 heavy (non-hydrogen) atoms. The van der Waals surface area contributed by atoms with E-state index in [1.54, 1.807) is 79.8 Å². The third kappa shape index (κ3) is 17.3. The normalized spacial score (nSPS) is 18.0. The van der Waals surface area contributed by atoms with Gasteiger partial charge in [-0.05, 0) is 103 Å². The number of rotatable bonds is 23. The monoisotopic (exact) mass is 891 g/mol. The Bertz CT molecular complexity index is 1700. The van der Waals surface area contributed by atoms with Gasteiger partial charge in [0.05, 0.1) is 25.7 Å². The number of aliphatic hydroxyl groups is 1. The Labute approximate surface area is 372 Å². The van der Waals surface area contributed by atoms with Crippen LogP contribution in [0.15, 0.2) is 24.3 Å². The Morgan fingerprint density at radius 1 is 0.889 bits per heavy atom. The van der Waals surface area contributed by atoms with Gasteiger partial charge in [0, 0.05) is 6.54 Å². The molecular weight excluding hydrogens is 817 g/mol. The number of likely N-dealkylation sites (tertiary alicyclic amines) is 1.